The number of nitrogens with one attached hydrogen (secondary N) is 1. The Hall–Kier alpha value is 1.12. The van der Waals surface area contributed by atoms with Gasteiger partial charge in [-0.15, -0.1) is 0 Å². The maximum absolute atomic E-state index is 12.8. The Kier molecular flexibility index (Phi) is 20.9. The molecule has 4 rings (SSSR count). The molecule has 1 aromatic heterocycles. The van der Waals surface area contributed by atoms with Gasteiger partial charge in [-0.25, -0.2) is 21.5 Å². The molecule has 0 saturated heterocycles. The smallest absolute Gasteiger partial charge is 0.744 e. The summed E-state index contributed by atoms with van der Waals surface area (Å²) in [6.45, 7) is 0. The van der Waals surface area contributed by atoms with Crippen LogP contribution < -0.4 is 226 Å². The quantitative estimate of drug-likeness (QED) is 0.0918. The van der Waals surface area contributed by atoms with E-state index in [0.29, 0.717) is 5.01 Å². The zero-order valence-corrected chi connectivity index (χ0v) is 39.2. The third-order valence-electron chi connectivity index (χ3n) is 5.70. The number of nitrogens with zero attached hydrogens (tertiary/aromatic N) is 3. The number of hydrogen-bond donors (Lipinski definition) is 1. The van der Waals surface area contributed by atoms with Gasteiger partial charge in [0.15, 0.2) is 0 Å². The molecule has 0 spiro atoms. The van der Waals surface area contributed by atoms with Crippen LogP contribution >= 0.6 is 0 Å². The van der Waals surface area contributed by atoms with E-state index in [4.69, 9.17) is 0 Å². The normalized spacial score (nSPS) is 13.8. The van der Waals surface area contributed by atoms with Gasteiger partial charge in [0.25, 0.3) is 11.5 Å². The van der Waals surface area contributed by atoms with E-state index in [-0.39, 0.29) is 222 Å². The minimum absolute atomic E-state index is 0. The maximum Gasteiger partial charge on any atom is 1.00 e. The Morgan fingerprint density at radius 3 is 1.66 bits per heavy atom. The Morgan fingerprint density at radius 1 is 0.723 bits per heavy atom. The first-order valence-corrected chi connectivity index (χ1v) is 14.3. The molecular weight excluding hydrogens is 769 g/mol. The van der Waals surface area contributed by atoms with Crippen LogP contribution in [0.25, 0.3) is 11.8 Å². The number of amides is 1. The number of allylic oxidation sites excluding steroid dienone is 4. The van der Waals surface area contributed by atoms with E-state index < -0.39 is 70.4 Å². The van der Waals surface area contributed by atoms with Gasteiger partial charge in [0, 0.05) is 0 Å². The number of hydrogen-bond acceptors (Lipinski definition) is 13. The predicted octanol–water partition coefficient (Wildman–Crippen LogP) is -14.0. The minimum atomic E-state index is -4.77. The average Bonchev–Trinajstić information content (AvgIpc) is 3.44. The Morgan fingerprint density at radius 2 is 1.21 bits per heavy atom. The first kappa shape index (κ1) is 48.1. The summed E-state index contributed by atoms with van der Waals surface area (Å²) < 4.78 is 67.5. The molecule has 1 N–H and O–H groups in total. The second-order valence-corrected chi connectivity index (χ2v) is 11.2. The number of anilines is 1. The van der Waals surface area contributed by atoms with Crippen molar-refractivity contribution >= 4 is 55.6 Å². The summed E-state index contributed by atoms with van der Waals surface area (Å²) in [6.07, 6.45) is 5.67. The van der Waals surface area contributed by atoms with Crippen molar-refractivity contribution in [3.63, 3.8) is 0 Å². The number of benzene rings is 2. The third-order valence-corrected chi connectivity index (χ3v) is 7.40. The number of carbonyl (C=O) groups excluding carboxylic acids is 3. The number of carbonyl (C=O) groups is 3. The van der Waals surface area contributed by atoms with E-state index >= 15 is 0 Å². The predicted molar refractivity (Wildman–Crippen MR) is 139 cm³/mol. The van der Waals surface area contributed by atoms with Crippen LogP contribution in [0.5, 0.6) is 0 Å². The molecule has 47 heavy (non-hydrogen) atoms. The number of aromatic carboxylic acids is 1. The van der Waals surface area contributed by atoms with Crippen molar-refractivity contribution in [1.29, 1.82) is 0 Å². The largest absolute Gasteiger partial charge is 1.00 e. The number of rotatable bonds is 9. The average molecular weight is 783 g/mol. The second kappa shape index (κ2) is 20.4. The van der Waals surface area contributed by atoms with Crippen LogP contribution in [-0.2, 0) is 29.8 Å². The summed E-state index contributed by atoms with van der Waals surface area (Å²) >= 11 is 0. The number of H-pyrrole nitrogens is 1. The zero-order valence-electron chi connectivity index (χ0n) is 25.1. The summed E-state index contributed by atoms with van der Waals surface area (Å²) in [5.74, 6) is -4.50. The SMILES string of the molecule is O=C([O-])C1=NN(c2ccc(S(=O)(=O)[O-])cc2)C(=O)C1=CC=CC=Cc1c(C(=O)[O-])[nH]n(-c2ccc(S(=O)(=O)[O-])cc2)c1=O.[K+].[K+].[K+].[K+]. The van der Waals surface area contributed by atoms with Gasteiger partial charge in [-0.05, 0) is 60.7 Å². The standard InChI is InChI=1S/C25H18N4O12S2.4K/c30-22-18(20(24(32)33)26-28(22)14-6-10-16(11-7-14)42(36,37)38)4-2-1-3-5-19-21(25(34)35)27-29(23(19)31)15-8-12-17(13-9-15)43(39,40)41;;;;/h1-13,26H,(H,32,33)(H,34,35)(H,36,37,38)(H,39,40,41);;;;/q;4*+1/p-4. The van der Waals surface area contributed by atoms with Crippen molar-refractivity contribution in [2.24, 2.45) is 5.10 Å². The van der Waals surface area contributed by atoms with Crippen molar-refractivity contribution in [2.45, 2.75) is 9.79 Å². The van der Waals surface area contributed by atoms with E-state index in [9.17, 15) is 55.3 Å². The van der Waals surface area contributed by atoms with Crippen LogP contribution in [0.1, 0.15) is 16.1 Å². The molecule has 1 amide bonds. The van der Waals surface area contributed by atoms with Crippen LogP contribution in [0.15, 0.2) is 98.1 Å². The molecular formula is C25H14K4N4O12S2. The molecule has 3 aromatic rings. The zero-order chi connectivity index (χ0) is 31.7. The molecule has 0 unspecified atom stereocenters. The molecule has 0 aliphatic carbocycles. The van der Waals surface area contributed by atoms with E-state index in [0.717, 1.165) is 65.4 Å². The molecule has 0 fully saturated rings. The molecule has 2 aromatic carbocycles. The van der Waals surface area contributed by atoms with Gasteiger partial charge in [-0.2, -0.15) is 10.1 Å². The fourth-order valence-corrected chi connectivity index (χ4v) is 4.66. The Bertz CT molecular complexity index is 2070. The third kappa shape index (κ3) is 12.1. The molecule has 0 saturated carbocycles. The summed E-state index contributed by atoms with van der Waals surface area (Å²) in [5, 5.41) is 29.8. The molecule has 0 bridgehead atoms. The van der Waals surface area contributed by atoms with Crippen LogP contribution in [0.3, 0.4) is 0 Å². The first-order chi connectivity index (χ1) is 20.1. The van der Waals surface area contributed by atoms with Gasteiger partial charge < -0.3 is 28.9 Å². The molecule has 1 aliphatic heterocycles. The number of aliphatic carboxylic acids is 1. The fraction of sp³-hybridized carbons (Fsp3) is 0. The van der Waals surface area contributed by atoms with E-state index in [1.54, 1.807) is 0 Å². The number of aromatic amines is 1. The van der Waals surface area contributed by atoms with E-state index in [2.05, 4.69) is 10.2 Å². The molecule has 22 heteroatoms. The maximum atomic E-state index is 12.8. The van der Waals surface area contributed by atoms with Gasteiger partial charge in [0.2, 0.25) is 0 Å². The molecule has 0 radical (unpaired) electrons. The van der Waals surface area contributed by atoms with Crippen molar-refractivity contribution in [2.75, 3.05) is 5.01 Å². The van der Waals surface area contributed by atoms with Crippen molar-refractivity contribution in [3.8, 4) is 5.69 Å². The topological polar surface area (TPSA) is 265 Å². The van der Waals surface area contributed by atoms with Gasteiger partial charge in [-0.1, -0.05) is 18.2 Å². The van der Waals surface area contributed by atoms with Gasteiger partial charge >= 0.3 is 206 Å². The minimum Gasteiger partial charge on any atom is -0.744 e. The number of aromatic nitrogens is 2. The van der Waals surface area contributed by atoms with E-state index in [1.165, 1.54) is 18.2 Å². The number of hydrazone groups is 1. The number of carboxylic acids is 2. The van der Waals surface area contributed by atoms with Crippen LogP contribution in [0.2, 0.25) is 0 Å². The van der Waals surface area contributed by atoms with E-state index in [1.807, 2.05) is 0 Å². The molecule has 16 nitrogen and oxygen atoms in total. The van der Waals surface area contributed by atoms with Crippen molar-refractivity contribution in [3.05, 3.63) is 100 Å². The van der Waals surface area contributed by atoms with Gasteiger partial charge in [0.05, 0.1) is 49.9 Å². The summed E-state index contributed by atoms with van der Waals surface area (Å²) in [4.78, 5) is 47.6. The Labute approximate surface area is 437 Å². The van der Waals surface area contributed by atoms with Gasteiger partial charge in [0.1, 0.15) is 25.9 Å². The van der Waals surface area contributed by atoms with Crippen LogP contribution in [0, 0.1) is 0 Å². The Balaban J connectivity index is 0.00000529. The fourth-order valence-electron chi connectivity index (χ4n) is 3.72. The van der Waals surface area contributed by atoms with Gasteiger partial charge in [-0.3, -0.25) is 14.7 Å². The van der Waals surface area contributed by atoms with Crippen molar-refractivity contribution < 1.29 is 256 Å². The monoisotopic (exact) mass is 782 g/mol. The number of carboxylic acid groups (broad SMARTS) is 2. The first-order valence-electron chi connectivity index (χ1n) is 11.5. The molecule has 1 aliphatic rings. The molecule has 2 heterocycles. The molecule has 0 atom stereocenters. The summed E-state index contributed by atoms with van der Waals surface area (Å²) in [7, 11) is -9.53. The second-order valence-electron chi connectivity index (χ2n) is 8.40. The van der Waals surface area contributed by atoms with Crippen molar-refractivity contribution in [1.82, 2.24) is 9.78 Å². The molecule has 222 valence electrons. The van der Waals surface area contributed by atoms with Crippen LogP contribution in [-0.4, -0.2) is 59.3 Å². The summed E-state index contributed by atoms with van der Waals surface area (Å²) in [5.41, 5.74) is -3.16. The van der Waals surface area contributed by atoms with Crippen LogP contribution in [0.4, 0.5) is 5.69 Å². The summed E-state index contributed by atoms with van der Waals surface area (Å²) in [6, 6.07) is 8.01.